The second kappa shape index (κ2) is 7.63. The molecule has 6 nitrogen and oxygen atoms in total. The van der Waals surface area contributed by atoms with Gasteiger partial charge in [0.25, 0.3) is 5.69 Å². The highest BCUT2D eigenvalue weighted by Crippen LogP contribution is 2.27. The summed E-state index contributed by atoms with van der Waals surface area (Å²) in [6, 6.07) is 12.7. The highest BCUT2D eigenvalue weighted by molar-refractivity contribution is 8.00. The van der Waals surface area contributed by atoms with E-state index in [9.17, 15) is 14.9 Å². The summed E-state index contributed by atoms with van der Waals surface area (Å²) in [6.07, 6.45) is 0. The van der Waals surface area contributed by atoms with E-state index >= 15 is 0 Å². The van der Waals surface area contributed by atoms with Gasteiger partial charge in [0.05, 0.1) is 26.9 Å². The van der Waals surface area contributed by atoms with Gasteiger partial charge in [-0.25, -0.2) is 0 Å². The molecular weight excluding hydrogens is 338 g/mol. The minimum absolute atomic E-state index is 0.0373. The fourth-order valence-electron chi connectivity index (χ4n) is 1.74. The van der Waals surface area contributed by atoms with Crippen molar-refractivity contribution in [3.8, 4) is 6.07 Å². The third-order valence-corrected chi connectivity index (χ3v) is 4.32. The third-order valence-electron chi connectivity index (χ3n) is 2.80. The summed E-state index contributed by atoms with van der Waals surface area (Å²) in [5, 5.41) is 22.8. The number of nitrogens with one attached hydrogen (secondary N) is 1. The lowest BCUT2D eigenvalue weighted by atomic mass is 10.1. The molecule has 2 aromatic carbocycles. The molecule has 0 bridgehead atoms. The number of carbonyl (C=O) groups excluding carboxylic acids is 1. The van der Waals surface area contributed by atoms with Crippen LogP contribution in [0.1, 0.15) is 5.56 Å². The number of nitro groups is 1. The maximum atomic E-state index is 12.0. The Bertz CT molecular complexity index is 805. The zero-order valence-corrected chi connectivity index (χ0v) is 13.2. The van der Waals surface area contributed by atoms with E-state index in [1.807, 2.05) is 12.1 Å². The number of carbonyl (C=O) groups is 1. The van der Waals surface area contributed by atoms with Gasteiger partial charge >= 0.3 is 0 Å². The van der Waals surface area contributed by atoms with Crippen LogP contribution in [-0.2, 0) is 4.79 Å². The van der Waals surface area contributed by atoms with E-state index < -0.39 is 4.92 Å². The van der Waals surface area contributed by atoms with Crippen molar-refractivity contribution in [2.24, 2.45) is 0 Å². The van der Waals surface area contributed by atoms with Crippen LogP contribution in [0.25, 0.3) is 0 Å². The van der Waals surface area contributed by atoms with Crippen LogP contribution < -0.4 is 5.32 Å². The lowest BCUT2D eigenvalue weighted by Crippen LogP contribution is -2.15. The lowest BCUT2D eigenvalue weighted by molar-refractivity contribution is -0.384. The molecule has 2 rings (SSSR count). The Morgan fingerprint density at radius 3 is 2.74 bits per heavy atom. The zero-order chi connectivity index (χ0) is 16.8. The molecule has 116 valence electrons. The number of nitro benzene ring substituents is 1. The Hall–Kier alpha value is -2.56. The number of nitriles is 1. The first kappa shape index (κ1) is 16.8. The Kier molecular flexibility index (Phi) is 5.57. The number of anilines is 1. The van der Waals surface area contributed by atoms with Gasteiger partial charge in [0, 0.05) is 17.0 Å². The summed E-state index contributed by atoms with van der Waals surface area (Å²) < 4.78 is 0. The third kappa shape index (κ3) is 4.45. The molecule has 0 aliphatic rings. The maximum Gasteiger partial charge on any atom is 0.270 e. The molecule has 8 heteroatoms. The Morgan fingerprint density at radius 1 is 1.35 bits per heavy atom. The summed E-state index contributed by atoms with van der Waals surface area (Å²) in [4.78, 5) is 22.8. The minimum Gasteiger partial charge on any atom is -0.324 e. The second-order valence-corrected chi connectivity index (χ2v) is 5.79. The van der Waals surface area contributed by atoms with Crippen LogP contribution in [0.3, 0.4) is 0 Å². The molecule has 0 aromatic heterocycles. The van der Waals surface area contributed by atoms with Gasteiger partial charge in [0.1, 0.15) is 6.07 Å². The van der Waals surface area contributed by atoms with E-state index in [1.54, 1.807) is 18.2 Å². The smallest absolute Gasteiger partial charge is 0.270 e. The molecule has 0 saturated heterocycles. The van der Waals surface area contributed by atoms with Gasteiger partial charge in [-0.2, -0.15) is 5.26 Å². The van der Waals surface area contributed by atoms with E-state index in [1.165, 1.54) is 23.9 Å². The zero-order valence-electron chi connectivity index (χ0n) is 11.7. The molecule has 0 heterocycles. The lowest BCUT2D eigenvalue weighted by Gasteiger charge is -2.07. The quantitative estimate of drug-likeness (QED) is 0.503. The predicted molar refractivity (Wildman–Crippen MR) is 88.6 cm³/mol. The first-order valence-corrected chi connectivity index (χ1v) is 7.73. The van der Waals surface area contributed by atoms with Crippen LogP contribution in [0.5, 0.6) is 0 Å². The van der Waals surface area contributed by atoms with Gasteiger partial charge in [0.2, 0.25) is 5.91 Å². The van der Waals surface area contributed by atoms with Crippen LogP contribution in [0.15, 0.2) is 47.4 Å². The van der Waals surface area contributed by atoms with E-state index in [4.69, 9.17) is 16.9 Å². The molecule has 2 aromatic rings. The number of hydrogen-bond donors (Lipinski definition) is 1. The molecule has 0 spiro atoms. The van der Waals surface area contributed by atoms with Crippen molar-refractivity contribution in [3.05, 3.63) is 63.2 Å². The predicted octanol–water partition coefficient (Wildman–Crippen LogP) is 3.85. The summed E-state index contributed by atoms with van der Waals surface area (Å²) in [5.74, 6) is -0.230. The van der Waals surface area contributed by atoms with Crippen LogP contribution >= 0.6 is 23.4 Å². The van der Waals surface area contributed by atoms with Gasteiger partial charge in [-0.1, -0.05) is 23.7 Å². The summed E-state index contributed by atoms with van der Waals surface area (Å²) in [6.45, 7) is 0. The van der Waals surface area contributed by atoms with Crippen molar-refractivity contribution in [2.45, 2.75) is 4.90 Å². The monoisotopic (exact) mass is 347 g/mol. The van der Waals surface area contributed by atoms with Gasteiger partial charge in [-0.3, -0.25) is 14.9 Å². The summed E-state index contributed by atoms with van der Waals surface area (Å²) in [7, 11) is 0. The molecule has 1 N–H and O–H groups in total. The molecule has 0 atom stereocenters. The van der Waals surface area contributed by atoms with Crippen molar-refractivity contribution in [1.82, 2.24) is 0 Å². The highest BCUT2D eigenvalue weighted by atomic mass is 35.5. The second-order valence-electron chi connectivity index (χ2n) is 4.37. The molecule has 0 aliphatic heterocycles. The van der Waals surface area contributed by atoms with Crippen LogP contribution in [0, 0.1) is 21.4 Å². The standard InChI is InChI=1S/C15H10ClN3O3S/c16-12-3-1-2-4-14(12)23-9-15(20)18-13-6-5-11(19(21)22)7-10(13)8-17/h1-7H,9H2,(H,18,20). The molecule has 1 amide bonds. The number of amides is 1. The Balaban J connectivity index is 2.04. The van der Waals surface area contributed by atoms with Crippen molar-refractivity contribution >= 4 is 40.6 Å². The highest BCUT2D eigenvalue weighted by Gasteiger charge is 2.13. The first-order chi connectivity index (χ1) is 11.0. The Labute approximate surface area is 141 Å². The molecule has 0 saturated carbocycles. The van der Waals surface area contributed by atoms with Crippen LogP contribution in [-0.4, -0.2) is 16.6 Å². The van der Waals surface area contributed by atoms with E-state index in [-0.39, 0.29) is 28.6 Å². The van der Waals surface area contributed by atoms with E-state index in [0.717, 1.165) is 11.0 Å². The SMILES string of the molecule is N#Cc1cc([N+](=O)[O-])ccc1NC(=O)CSc1ccccc1Cl. The molecule has 0 aliphatic carbocycles. The average Bonchev–Trinajstić information content (AvgIpc) is 2.54. The molecule has 0 unspecified atom stereocenters. The number of benzene rings is 2. The average molecular weight is 348 g/mol. The summed E-state index contributed by atoms with van der Waals surface area (Å²) in [5.41, 5.74) is 0.0724. The van der Waals surface area contributed by atoms with Crippen molar-refractivity contribution < 1.29 is 9.72 Å². The van der Waals surface area contributed by atoms with Crippen molar-refractivity contribution in [2.75, 3.05) is 11.1 Å². The fraction of sp³-hybridized carbons (Fsp3) is 0.0667. The van der Waals surface area contributed by atoms with Crippen LogP contribution in [0.4, 0.5) is 11.4 Å². The Morgan fingerprint density at radius 2 is 2.09 bits per heavy atom. The number of thioether (sulfide) groups is 1. The van der Waals surface area contributed by atoms with Crippen molar-refractivity contribution in [3.63, 3.8) is 0 Å². The van der Waals surface area contributed by atoms with Gasteiger partial charge < -0.3 is 5.32 Å². The van der Waals surface area contributed by atoms with Gasteiger partial charge in [-0.15, -0.1) is 11.8 Å². The topological polar surface area (TPSA) is 96.0 Å². The minimum atomic E-state index is -0.598. The van der Waals surface area contributed by atoms with Crippen LogP contribution in [0.2, 0.25) is 5.02 Å². The van der Waals surface area contributed by atoms with Gasteiger partial charge in [0.15, 0.2) is 0 Å². The number of non-ortho nitro benzene ring substituents is 1. The first-order valence-electron chi connectivity index (χ1n) is 6.37. The van der Waals surface area contributed by atoms with E-state index in [0.29, 0.717) is 5.02 Å². The molecule has 23 heavy (non-hydrogen) atoms. The normalized spacial score (nSPS) is 9.91. The number of rotatable bonds is 5. The molecule has 0 radical (unpaired) electrons. The van der Waals surface area contributed by atoms with Gasteiger partial charge in [-0.05, 0) is 18.2 Å². The summed E-state index contributed by atoms with van der Waals surface area (Å²) >= 11 is 7.26. The largest absolute Gasteiger partial charge is 0.324 e. The fourth-order valence-corrected chi connectivity index (χ4v) is 2.78. The van der Waals surface area contributed by atoms with Crippen molar-refractivity contribution in [1.29, 1.82) is 5.26 Å². The number of nitrogens with zero attached hydrogens (tertiary/aromatic N) is 2. The molecule has 0 fully saturated rings. The number of hydrogen-bond acceptors (Lipinski definition) is 5. The number of halogens is 1. The molecular formula is C15H10ClN3O3S. The van der Waals surface area contributed by atoms with E-state index in [2.05, 4.69) is 5.32 Å². The maximum absolute atomic E-state index is 12.0.